The highest BCUT2D eigenvalue weighted by molar-refractivity contribution is 5.53. The van der Waals surface area contributed by atoms with E-state index >= 15 is 0 Å². The van der Waals surface area contributed by atoms with Crippen LogP contribution in [0.3, 0.4) is 0 Å². The van der Waals surface area contributed by atoms with Crippen LogP contribution in [0.4, 0.5) is 11.6 Å². The van der Waals surface area contributed by atoms with Crippen LogP contribution in [0.15, 0.2) is 18.2 Å². The van der Waals surface area contributed by atoms with Crippen LogP contribution in [-0.4, -0.2) is 50.7 Å². The van der Waals surface area contributed by atoms with E-state index in [1.807, 2.05) is 17.5 Å². The Balaban J connectivity index is 1.38. The van der Waals surface area contributed by atoms with E-state index in [0.29, 0.717) is 5.92 Å². The van der Waals surface area contributed by atoms with Gasteiger partial charge in [0.2, 0.25) is 0 Å². The molecule has 2 fully saturated rings. The third-order valence-corrected chi connectivity index (χ3v) is 5.67. The van der Waals surface area contributed by atoms with E-state index in [1.54, 1.807) is 0 Å². The van der Waals surface area contributed by atoms with Gasteiger partial charge in [0.1, 0.15) is 17.5 Å². The minimum atomic E-state index is 0.586. The number of aromatic nitrogens is 5. The van der Waals surface area contributed by atoms with Gasteiger partial charge in [0.25, 0.3) is 0 Å². The van der Waals surface area contributed by atoms with Crippen LogP contribution in [0.5, 0.6) is 0 Å². The molecule has 5 rings (SSSR count). The van der Waals surface area contributed by atoms with Crippen molar-refractivity contribution in [3.63, 3.8) is 0 Å². The second-order valence-electron chi connectivity index (χ2n) is 7.99. The summed E-state index contributed by atoms with van der Waals surface area (Å²) in [6.45, 7) is 10.0. The summed E-state index contributed by atoms with van der Waals surface area (Å²) < 4.78 is 1.98. The summed E-state index contributed by atoms with van der Waals surface area (Å²) >= 11 is 0. The van der Waals surface area contributed by atoms with Gasteiger partial charge in [-0.2, -0.15) is 9.61 Å². The average molecular weight is 377 g/mol. The lowest BCUT2D eigenvalue weighted by molar-refractivity contribution is 0.629. The molecule has 3 aromatic rings. The molecule has 7 heteroatoms. The number of hydrogen-bond acceptors (Lipinski definition) is 6. The monoisotopic (exact) mass is 377 g/mol. The van der Waals surface area contributed by atoms with Gasteiger partial charge in [-0.15, -0.1) is 0 Å². The first kappa shape index (κ1) is 17.4. The summed E-state index contributed by atoms with van der Waals surface area (Å²) in [5, 5.41) is 4.65. The lowest BCUT2D eigenvalue weighted by Gasteiger charge is -2.36. The molecule has 0 spiro atoms. The first-order chi connectivity index (χ1) is 13.6. The zero-order valence-corrected chi connectivity index (χ0v) is 16.9. The summed E-state index contributed by atoms with van der Waals surface area (Å²) in [6, 6.07) is 6.35. The molecule has 0 amide bonds. The first-order valence-corrected chi connectivity index (χ1v) is 10.3. The second-order valence-corrected chi connectivity index (χ2v) is 7.99. The van der Waals surface area contributed by atoms with Crippen molar-refractivity contribution in [2.75, 3.05) is 36.0 Å². The fourth-order valence-electron chi connectivity index (χ4n) is 3.96. The molecule has 0 radical (unpaired) electrons. The molecule has 28 heavy (non-hydrogen) atoms. The van der Waals surface area contributed by atoms with E-state index in [1.165, 1.54) is 12.8 Å². The van der Waals surface area contributed by atoms with Crippen LogP contribution >= 0.6 is 0 Å². The van der Waals surface area contributed by atoms with Gasteiger partial charge in [-0.25, -0.2) is 15.0 Å². The number of nitrogens with zero attached hydrogens (tertiary/aromatic N) is 7. The number of piperazine rings is 1. The molecule has 0 bridgehead atoms. The molecule has 0 N–H and O–H groups in total. The molecular formula is C21H27N7. The summed E-state index contributed by atoms with van der Waals surface area (Å²) in [5.41, 5.74) is 4.11. The molecule has 0 unspecified atom stereocenters. The van der Waals surface area contributed by atoms with E-state index in [-0.39, 0.29) is 0 Å². The fourth-order valence-corrected chi connectivity index (χ4v) is 3.96. The molecule has 1 saturated heterocycles. The van der Waals surface area contributed by atoms with Gasteiger partial charge in [0, 0.05) is 61.7 Å². The molecular weight excluding hydrogens is 350 g/mol. The molecule has 2 aliphatic rings. The smallest absolute Gasteiger partial charge is 0.157 e. The van der Waals surface area contributed by atoms with Crippen molar-refractivity contribution in [1.29, 1.82) is 0 Å². The molecule has 7 nitrogen and oxygen atoms in total. The maximum Gasteiger partial charge on any atom is 0.157 e. The fraction of sp³-hybridized carbons (Fsp3) is 0.524. The lowest BCUT2D eigenvalue weighted by Crippen LogP contribution is -2.47. The number of anilines is 2. The quantitative estimate of drug-likeness (QED) is 0.697. The Morgan fingerprint density at radius 1 is 0.893 bits per heavy atom. The van der Waals surface area contributed by atoms with Crippen molar-refractivity contribution < 1.29 is 0 Å². The number of hydrogen-bond donors (Lipinski definition) is 0. The molecule has 1 aliphatic heterocycles. The van der Waals surface area contributed by atoms with Crippen molar-refractivity contribution in [2.24, 2.45) is 0 Å². The van der Waals surface area contributed by atoms with Crippen LogP contribution < -0.4 is 9.80 Å². The van der Waals surface area contributed by atoms with Crippen molar-refractivity contribution in [2.45, 2.75) is 46.0 Å². The van der Waals surface area contributed by atoms with Gasteiger partial charge >= 0.3 is 0 Å². The van der Waals surface area contributed by atoms with Gasteiger partial charge in [0.15, 0.2) is 5.65 Å². The third-order valence-electron chi connectivity index (χ3n) is 5.67. The van der Waals surface area contributed by atoms with Gasteiger partial charge < -0.3 is 9.80 Å². The van der Waals surface area contributed by atoms with Gasteiger partial charge in [0.05, 0.1) is 5.69 Å². The van der Waals surface area contributed by atoms with Crippen LogP contribution in [0.1, 0.15) is 48.6 Å². The Hall–Kier alpha value is -2.70. The SMILES string of the molecule is CCc1cc(N2CCN(c3cc(C)nc4cc(C)nn34)CC2)nc(C2CC2)n1. The van der Waals surface area contributed by atoms with Crippen LogP contribution in [0.2, 0.25) is 0 Å². The highest BCUT2D eigenvalue weighted by atomic mass is 15.4. The molecule has 3 aromatic heterocycles. The van der Waals surface area contributed by atoms with E-state index in [4.69, 9.17) is 9.97 Å². The van der Waals surface area contributed by atoms with Gasteiger partial charge in [-0.1, -0.05) is 6.92 Å². The molecule has 1 aliphatic carbocycles. The maximum absolute atomic E-state index is 4.90. The minimum absolute atomic E-state index is 0.586. The predicted molar refractivity (Wildman–Crippen MR) is 110 cm³/mol. The third kappa shape index (κ3) is 3.19. The average Bonchev–Trinajstić information content (AvgIpc) is 3.49. The minimum Gasteiger partial charge on any atom is -0.353 e. The topological polar surface area (TPSA) is 62.5 Å². The van der Waals surface area contributed by atoms with Crippen LogP contribution in [-0.2, 0) is 6.42 Å². The highest BCUT2D eigenvalue weighted by Gasteiger charge is 2.28. The van der Waals surface area contributed by atoms with Crippen LogP contribution in [0.25, 0.3) is 5.65 Å². The highest BCUT2D eigenvalue weighted by Crippen LogP contribution is 2.38. The number of fused-ring (bicyclic) bond motifs is 1. The summed E-state index contributed by atoms with van der Waals surface area (Å²) in [7, 11) is 0. The lowest BCUT2D eigenvalue weighted by atomic mass is 10.2. The van der Waals surface area contributed by atoms with Gasteiger partial charge in [-0.3, -0.25) is 0 Å². The van der Waals surface area contributed by atoms with Gasteiger partial charge in [-0.05, 0) is 33.1 Å². The molecule has 0 aromatic carbocycles. The van der Waals surface area contributed by atoms with Crippen molar-refractivity contribution in [1.82, 2.24) is 24.6 Å². The van der Waals surface area contributed by atoms with E-state index in [2.05, 4.69) is 45.9 Å². The Kier molecular flexibility index (Phi) is 4.18. The summed E-state index contributed by atoms with van der Waals surface area (Å²) in [5.74, 6) is 3.86. The van der Waals surface area contributed by atoms with E-state index in [0.717, 1.165) is 72.8 Å². The van der Waals surface area contributed by atoms with Crippen molar-refractivity contribution >= 4 is 17.3 Å². The normalized spacial score (nSPS) is 17.5. The summed E-state index contributed by atoms with van der Waals surface area (Å²) in [4.78, 5) is 19.1. The van der Waals surface area contributed by atoms with Crippen LogP contribution in [0, 0.1) is 13.8 Å². The number of aryl methyl sites for hydroxylation is 3. The van der Waals surface area contributed by atoms with Crippen molar-refractivity contribution in [3.8, 4) is 0 Å². The molecule has 1 saturated carbocycles. The molecule has 146 valence electrons. The zero-order chi connectivity index (χ0) is 19.3. The van der Waals surface area contributed by atoms with Crippen molar-refractivity contribution in [3.05, 3.63) is 41.1 Å². The summed E-state index contributed by atoms with van der Waals surface area (Å²) in [6.07, 6.45) is 3.43. The molecule has 4 heterocycles. The van der Waals surface area contributed by atoms with E-state index < -0.39 is 0 Å². The standard InChI is InChI=1S/C21H27N7/c1-4-17-13-18(24-21(23-17)16-5-6-16)26-7-9-27(10-8-26)20-12-14(2)22-19-11-15(3)25-28(19)20/h11-13,16H,4-10H2,1-3H3. The number of rotatable bonds is 4. The maximum atomic E-state index is 4.90. The Bertz CT molecular complexity index is 1010. The second kappa shape index (κ2) is 6.72. The predicted octanol–water partition coefficient (Wildman–Crippen LogP) is 2.90. The first-order valence-electron chi connectivity index (χ1n) is 10.3. The largest absolute Gasteiger partial charge is 0.353 e. The Morgan fingerprint density at radius 2 is 1.64 bits per heavy atom. The van der Waals surface area contributed by atoms with E-state index in [9.17, 15) is 0 Å². The Labute approximate surface area is 165 Å². The zero-order valence-electron chi connectivity index (χ0n) is 16.9. The molecule has 0 atom stereocenters. The Morgan fingerprint density at radius 3 is 2.36 bits per heavy atom.